The van der Waals surface area contributed by atoms with Crippen LogP contribution in [0.1, 0.15) is 12.0 Å². The van der Waals surface area contributed by atoms with Gasteiger partial charge in [0.25, 0.3) is 0 Å². The van der Waals surface area contributed by atoms with Gasteiger partial charge in [0.2, 0.25) is 17.0 Å². The van der Waals surface area contributed by atoms with Crippen LogP contribution in [0.3, 0.4) is 0 Å². The molecule has 2 amide bonds. The number of aromatic nitrogens is 3. The minimum Gasteiger partial charge on any atom is -0.497 e. The number of amides is 2. The van der Waals surface area contributed by atoms with Crippen LogP contribution < -0.4 is 9.64 Å². The number of hydrogen-bond acceptors (Lipinski definition) is 7. The van der Waals surface area contributed by atoms with Gasteiger partial charge in [0.15, 0.2) is 0 Å². The smallest absolute Gasteiger partial charge is 0.416 e. The molecule has 11 heteroatoms. The van der Waals surface area contributed by atoms with Gasteiger partial charge in [-0.05, 0) is 36.4 Å². The quantitative estimate of drug-likeness (QED) is 0.532. The van der Waals surface area contributed by atoms with Crippen LogP contribution in [0.15, 0.2) is 59.9 Å². The number of halogens is 3. The number of ether oxygens (including phenoxy) is 1. The van der Waals surface area contributed by atoms with Crippen molar-refractivity contribution in [1.82, 2.24) is 15.2 Å². The van der Waals surface area contributed by atoms with Gasteiger partial charge in [-0.2, -0.15) is 18.3 Å². The average molecular weight is 460 g/mol. The lowest BCUT2D eigenvalue weighted by molar-refractivity contribution is -0.137. The fourth-order valence-corrected chi connectivity index (χ4v) is 4.06. The molecule has 32 heavy (non-hydrogen) atoms. The van der Waals surface area contributed by atoms with Crippen LogP contribution in [-0.2, 0) is 15.8 Å². The Bertz CT molecular complexity index is 1150. The third kappa shape index (κ3) is 4.42. The number of alkyl halides is 3. The molecule has 2 aromatic carbocycles. The highest BCUT2D eigenvalue weighted by Gasteiger charge is 2.40. The topological polar surface area (TPSA) is 85.3 Å². The Morgan fingerprint density at radius 1 is 1.06 bits per heavy atom. The van der Waals surface area contributed by atoms with Crippen molar-refractivity contribution in [3.05, 3.63) is 60.3 Å². The highest BCUT2D eigenvalue weighted by molar-refractivity contribution is 8.00. The number of nitrogens with zero attached hydrogens (tertiary/aromatic N) is 4. The Morgan fingerprint density at radius 3 is 2.38 bits per heavy atom. The first-order chi connectivity index (χ1) is 15.3. The molecule has 0 radical (unpaired) electrons. The van der Waals surface area contributed by atoms with E-state index in [0.29, 0.717) is 22.7 Å². The van der Waals surface area contributed by atoms with Crippen molar-refractivity contribution in [2.45, 2.75) is 23.0 Å². The molecular weight excluding hydrogens is 445 g/mol. The normalized spacial score (nSPS) is 16.5. The molecule has 1 unspecified atom stereocenters. The predicted molar refractivity (Wildman–Crippen MR) is 110 cm³/mol. The van der Waals surface area contributed by atoms with Crippen molar-refractivity contribution in [3.8, 4) is 17.0 Å². The summed E-state index contributed by atoms with van der Waals surface area (Å²) < 4.78 is 43.4. The zero-order valence-corrected chi connectivity index (χ0v) is 17.4. The highest BCUT2D eigenvalue weighted by Crippen LogP contribution is 2.34. The van der Waals surface area contributed by atoms with Crippen molar-refractivity contribution in [2.24, 2.45) is 0 Å². The van der Waals surface area contributed by atoms with Gasteiger partial charge in [-0.25, -0.2) is 9.88 Å². The second-order valence-corrected chi connectivity index (χ2v) is 7.95. The molecule has 1 aliphatic heterocycles. The average Bonchev–Trinajstić information content (AvgIpc) is 3.06. The minimum atomic E-state index is -4.44. The van der Waals surface area contributed by atoms with Gasteiger partial charge < -0.3 is 4.74 Å². The summed E-state index contributed by atoms with van der Waals surface area (Å²) in [5, 5.41) is 7.13. The Hall–Kier alpha value is -3.47. The second-order valence-electron chi connectivity index (χ2n) is 6.78. The summed E-state index contributed by atoms with van der Waals surface area (Å²) in [4.78, 5) is 30.7. The van der Waals surface area contributed by atoms with Crippen LogP contribution in [0, 0.1) is 0 Å². The minimum absolute atomic E-state index is 0.0383. The molecule has 2 heterocycles. The number of carbonyl (C=O) groups excluding carboxylic acids is 2. The third-order valence-corrected chi connectivity index (χ3v) is 5.77. The van der Waals surface area contributed by atoms with Crippen molar-refractivity contribution < 1.29 is 27.5 Å². The molecule has 1 saturated heterocycles. The zero-order chi connectivity index (χ0) is 22.9. The molecule has 0 bridgehead atoms. The van der Waals surface area contributed by atoms with Gasteiger partial charge in [-0.1, -0.05) is 23.9 Å². The Kier molecular flexibility index (Phi) is 5.83. The maximum absolute atomic E-state index is 12.8. The van der Waals surface area contributed by atoms with Gasteiger partial charge in [-0.3, -0.25) is 9.59 Å². The molecule has 7 nitrogen and oxygen atoms in total. The number of imide groups is 1. The molecule has 0 aliphatic carbocycles. The van der Waals surface area contributed by atoms with Gasteiger partial charge in [0.05, 0.1) is 30.3 Å². The molecule has 1 aromatic heterocycles. The Morgan fingerprint density at radius 2 is 1.75 bits per heavy atom. The highest BCUT2D eigenvalue weighted by atomic mass is 32.2. The summed E-state index contributed by atoms with van der Waals surface area (Å²) in [6, 6.07) is 11.0. The number of hydrogen-bond donors (Lipinski definition) is 0. The van der Waals surface area contributed by atoms with E-state index in [-0.39, 0.29) is 17.5 Å². The van der Waals surface area contributed by atoms with E-state index in [9.17, 15) is 22.8 Å². The van der Waals surface area contributed by atoms with E-state index in [4.69, 9.17) is 4.74 Å². The molecular formula is C21H15F3N4O3S. The van der Waals surface area contributed by atoms with Crippen molar-refractivity contribution in [3.63, 3.8) is 0 Å². The Balaban J connectivity index is 1.51. The first-order valence-corrected chi connectivity index (χ1v) is 10.2. The number of anilines is 1. The zero-order valence-electron chi connectivity index (χ0n) is 16.5. The van der Waals surface area contributed by atoms with E-state index in [1.54, 1.807) is 24.3 Å². The number of methoxy groups -OCH3 is 1. The number of carbonyl (C=O) groups is 2. The van der Waals surface area contributed by atoms with Crippen LogP contribution in [0.25, 0.3) is 11.3 Å². The van der Waals surface area contributed by atoms with Gasteiger partial charge >= 0.3 is 6.18 Å². The van der Waals surface area contributed by atoms with Crippen molar-refractivity contribution in [1.29, 1.82) is 0 Å². The molecule has 164 valence electrons. The van der Waals surface area contributed by atoms with Gasteiger partial charge in [-0.15, -0.1) is 5.10 Å². The maximum atomic E-state index is 12.8. The molecule has 1 aliphatic rings. The van der Waals surface area contributed by atoms with Crippen molar-refractivity contribution >= 4 is 29.3 Å². The monoisotopic (exact) mass is 460 g/mol. The summed E-state index contributed by atoms with van der Waals surface area (Å²) in [6.45, 7) is 0. The van der Waals surface area contributed by atoms with Crippen LogP contribution in [0.2, 0.25) is 0 Å². The van der Waals surface area contributed by atoms with E-state index < -0.39 is 22.9 Å². The fourth-order valence-electron chi connectivity index (χ4n) is 3.13. The van der Waals surface area contributed by atoms with E-state index in [2.05, 4.69) is 15.2 Å². The Labute approximate surface area is 184 Å². The van der Waals surface area contributed by atoms with Crippen LogP contribution in [0.5, 0.6) is 5.75 Å². The summed E-state index contributed by atoms with van der Waals surface area (Å²) in [6.07, 6.45) is -3.16. The first kappa shape index (κ1) is 21.8. The van der Waals surface area contributed by atoms with E-state index in [0.717, 1.165) is 28.8 Å². The van der Waals surface area contributed by atoms with Crippen LogP contribution in [-0.4, -0.2) is 39.4 Å². The number of thioether (sulfide) groups is 1. The summed E-state index contributed by atoms with van der Waals surface area (Å²) in [5.41, 5.74) is 0.386. The SMILES string of the molecule is COc1ccc(N2C(=O)CC(Sc3nncc(-c4ccc(C(F)(F)F)cc4)n3)C2=O)cc1. The van der Waals surface area contributed by atoms with E-state index >= 15 is 0 Å². The molecule has 0 N–H and O–H groups in total. The van der Waals surface area contributed by atoms with E-state index in [1.807, 2.05) is 0 Å². The van der Waals surface area contributed by atoms with Crippen molar-refractivity contribution in [2.75, 3.05) is 12.0 Å². The second kappa shape index (κ2) is 8.58. The lowest BCUT2D eigenvalue weighted by Crippen LogP contribution is -2.31. The predicted octanol–water partition coefficient (Wildman–Crippen LogP) is 3.99. The molecule has 4 rings (SSSR count). The standard InChI is InChI=1S/C21H15F3N4O3S/c1-31-15-8-6-14(7-9-15)28-18(29)10-17(19(28)30)32-20-26-16(11-25-27-20)12-2-4-13(5-3-12)21(22,23)24/h2-9,11,17H,10H2,1H3. The van der Waals surface area contributed by atoms with Gasteiger partial charge in [0, 0.05) is 12.0 Å². The molecule has 0 spiro atoms. The number of benzene rings is 2. The van der Waals surface area contributed by atoms with Crippen LogP contribution in [0.4, 0.5) is 18.9 Å². The fraction of sp³-hybridized carbons (Fsp3) is 0.190. The third-order valence-electron chi connectivity index (χ3n) is 4.73. The lowest BCUT2D eigenvalue weighted by atomic mass is 10.1. The maximum Gasteiger partial charge on any atom is 0.416 e. The first-order valence-electron chi connectivity index (χ1n) is 9.31. The van der Waals surface area contributed by atoms with Gasteiger partial charge in [0.1, 0.15) is 11.0 Å². The summed E-state index contributed by atoms with van der Waals surface area (Å²) >= 11 is 0.984. The summed E-state index contributed by atoms with van der Waals surface area (Å²) in [7, 11) is 1.51. The van der Waals surface area contributed by atoms with Crippen LogP contribution >= 0.6 is 11.8 Å². The molecule has 3 aromatic rings. The lowest BCUT2D eigenvalue weighted by Gasteiger charge is -2.15. The number of rotatable bonds is 5. The molecule has 1 fully saturated rings. The molecule has 0 saturated carbocycles. The molecule has 1 atom stereocenters. The van der Waals surface area contributed by atoms with E-state index in [1.165, 1.54) is 25.4 Å². The largest absolute Gasteiger partial charge is 0.497 e. The summed E-state index contributed by atoms with van der Waals surface area (Å²) in [5.74, 6) is -0.170.